The Hall–Kier alpha value is -2.88. The van der Waals surface area contributed by atoms with E-state index in [9.17, 15) is 0 Å². The molecule has 112 valence electrons. The van der Waals surface area contributed by atoms with Crippen LogP contribution in [0.2, 0.25) is 0 Å². The topological polar surface area (TPSA) is 47.3 Å². The maximum atomic E-state index is 6.22. The molecule has 0 fully saturated rings. The fourth-order valence-electron chi connectivity index (χ4n) is 3.00. The molecule has 3 nitrogen and oxygen atoms in total. The number of nitrogen functional groups attached to an aromatic ring is 1. The fourth-order valence-corrected chi connectivity index (χ4v) is 3.00. The van der Waals surface area contributed by atoms with Gasteiger partial charge in [-0.2, -0.15) is 0 Å². The zero-order valence-corrected chi connectivity index (χ0v) is 12.9. The molecular weight excluding hydrogens is 283 g/mol. The van der Waals surface area contributed by atoms with Crippen molar-refractivity contribution < 1.29 is 4.74 Å². The molecule has 1 unspecified atom stereocenters. The van der Waals surface area contributed by atoms with Crippen molar-refractivity contribution in [2.75, 3.05) is 11.1 Å². The molecule has 3 N–H and O–H groups in total. The second-order valence-corrected chi connectivity index (χ2v) is 5.82. The van der Waals surface area contributed by atoms with Crippen molar-refractivity contribution in [1.29, 1.82) is 0 Å². The second kappa shape index (κ2) is 5.40. The molecule has 0 saturated carbocycles. The summed E-state index contributed by atoms with van der Waals surface area (Å²) in [4.78, 5) is 0. The maximum Gasteiger partial charge on any atom is 0.196 e. The number of hydrogen-bond donors (Lipinski definition) is 2. The van der Waals surface area contributed by atoms with E-state index in [0.29, 0.717) is 0 Å². The van der Waals surface area contributed by atoms with Gasteiger partial charge in [0.2, 0.25) is 0 Å². The molecule has 0 saturated heterocycles. The lowest BCUT2D eigenvalue weighted by Gasteiger charge is -2.12. The van der Waals surface area contributed by atoms with Gasteiger partial charge in [-0.05, 0) is 12.1 Å². The average molecular weight is 300 g/mol. The third kappa shape index (κ3) is 2.42. The maximum absolute atomic E-state index is 6.22. The van der Waals surface area contributed by atoms with E-state index in [1.54, 1.807) is 0 Å². The molecule has 0 bridgehead atoms. The van der Waals surface area contributed by atoms with E-state index in [1.807, 2.05) is 44.2 Å². The van der Waals surface area contributed by atoms with Gasteiger partial charge in [0.05, 0.1) is 5.69 Å². The first-order chi connectivity index (χ1) is 11.2. The third-order valence-corrected chi connectivity index (χ3v) is 4.15. The minimum atomic E-state index is -0.168. The summed E-state index contributed by atoms with van der Waals surface area (Å²) in [5, 5.41) is 3.48. The number of benzene rings is 3. The van der Waals surface area contributed by atoms with Crippen LogP contribution in [0.3, 0.4) is 0 Å². The largest absolute Gasteiger partial charge is 0.464 e. The van der Waals surface area contributed by atoms with Crippen molar-refractivity contribution in [3.8, 4) is 16.9 Å². The first-order valence-corrected chi connectivity index (χ1v) is 7.70. The van der Waals surface area contributed by atoms with Gasteiger partial charge in [0.15, 0.2) is 6.23 Å². The van der Waals surface area contributed by atoms with E-state index >= 15 is 0 Å². The van der Waals surface area contributed by atoms with Crippen molar-refractivity contribution in [1.82, 2.24) is 0 Å². The Morgan fingerprint density at radius 2 is 1.74 bits per heavy atom. The standard InChI is InChI=1S/C19H17BN2O/c20-13-9-10-14(16(21)11-13)15-7-4-8-17-18(15)22-19(23-17)12-5-2-1-3-6-12/h1-11,19,22H,20-21H2. The molecule has 1 aliphatic heterocycles. The van der Waals surface area contributed by atoms with Gasteiger partial charge in [0, 0.05) is 22.4 Å². The molecule has 0 spiro atoms. The molecule has 0 aliphatic carbocycles. The Morgan fingerprint density at radius 1 is 0.913 bits per heavy atom. The van der Waals surface area contributed by atoms with Crippen molar-refractivity contribution in [3.05, 3.63) is 72.3 Å². The van der Waals surface area contributed by atoms with Gasteiger partial charge < -0.3 is 15.8 Å². The van der Waals surface area contributed by atoms with Crippen LogP contribution in [0.15, 0.2) is 66.7 Å². The van der Waals surface area contributed by atoms with Crippen LogP contribution >= 0.6 is 0 Å². The predicted molar refractivity (Wildman–Crippen MR) is 97.9 cm³/mol. The summed E-state index contributed by atoms with van der Waals surface area (Å²) in [5.74, 6) is 0.858. The summed E-state index contributed by atoms with van der Waals surface area (Å²) in [6, 6.07) is 22.4. The summed E-state index contributed by atoms with van der Waals surface area (Å²) in [6.45, 7) is 0. The highest BCUT2D eigenvalue weighted by Crippen LogP contribution is 2.45. The van der Waals surface area contributed by atoms with E-state index in [0.717, 1.165) is 39.3 Å². The quantitative estimate of drug-likeness (QED) is 0.565. The molecule has 0 radical (unpaired) electrons. The number of fused-ring (bicyclic) bond motifs is 1. The van der Waals surface area contributed by atoms with Gasteiger partial charge in [-0.25, -0.2) is 0 Å². The lowest BCUT2D eigenvalue weighted by atomic mass is 9.92. The van der Waals surface area contributed by atoms with Crippen molar-refractivity contribution in [2.24, 2.45) is 0 Å². The van der Waals surface area contributed by atoms with Crippen molar-refractivity contribution in [2.45, 2.75) is 6.23 Å². The smallest absolute Gasteiger partial charge is 0.196 e. The van der Waals surface area contributed by atoms with Gasteiger partial charge in [-0.15, -0.1) is 0 Å². The number of nitrogens with one attached hydrogen (secondary N) is 1. The Bertz CT molecular complexity index is 864. The lowest BCUT2D eigenvalue weighted by molar-refractivity contribution is 0.260. The minimum Gasteiger partial charge on any atom is -0.464 e. The molecule has 3 aromatic carbocycles. The average Bonchev–Trinajstić information content (AvgIpc) is 3.00. The van der Waals surface area contributed by atoms with E-state index < -0.39 is 0 Å². The predicted octanol–water partition coefficient (Wildman–Crippen LogP) is 2.70. The fraction of sp³-hybridized carbons (Fsp3) is 0.0526. The zero-order valence-electron chi connectivity index (χ0n) is 12.9. The number of ether oxygens (including phenoxy) is 1. The molecule has 4 heteroatoms. The van der Waals surface area contributed by atoms with Crippen molar-refractivity contribution >= 4 is 24.7 Å². The van der Waals surface area contributed by atoms with Gasteiger partial charge >= 0.3 is 0 Å². The van der Waals surface area contributed by atoms with Crippen LogP contribution in [0.5, 0.6) is 5.75 Å². The number of anilines is 2. The lowest BCUT2D eigenvalue weighted by Crippen LogP contribution is -2.10. The highest BCUT2D eigenvalue weighted by molar-refractivity contribution is 6.32. The molecule has 4 rings (SSSR count). The Balaban J connectivity index is 1.76. The van der Waals surface area contributed by atoms with Crippen molar-refractivity contribution in [3.63, 3.8) is 0 Å². The summed E-state index contributed by atoms with van der Waals surface area (Å²) in [6.07, 6.45) is -0.168. The second-order valence-electron chi connectivity index (χ2n) is 5.82. The third-order valence-electron chi connectivity index (χ3n) is 4.15. The van der Waals surface area contributed by atoms with E-state index in [1.165, 1.54) is 0 Å². The van der Waals surface area contributed by atoms with E-state index in [4.69, 9.17) is 10.5 Å². The van der Waals surface area contributed by atoms with Crippen LogP contribution in [-0.4, -0.2) is 7.85 Å². The molecule has 0 amide bonds. The first-order valence-electron chi connectivity index (χ1n) is 7.70. The monoisotopic (exact) mass is 300 g/mol. The van der Waals surface area contributed by atoms with E-state index in [2.05, 4.69) is 35.6 Å². The highest BCUT2D eigenvalue weighted by atomic mass is 16.5. The Morgan fingerprint density at radius 3 is 2.52 bits per heavy atom. The van der Waals surface area contributed by atoms with Crippen LogP contribution in [0.4, 0.5) is 11.4 Å². The minimum absolute atomic E-state index is 0.168. The molecular formula is C19H17BN2O. The summed E-state index contributed by atoms with van der Waals surface area (Å²) >= 11 is 0. The Labute approximate surface area is 136 Å². The normalized spacial score (nSPS) is 15.6. The number of para-hydroxylation sites is 1. The van der Waals surface area contributed by atoms with Crippen LogP contribution in [0, 0.1) is 0 Å². The van der Waals surface area contributed by atoms with Gasteiger partial charge in [-0.3, -0.25) is 0 Å². The molecule has 23 heavy (non-hydrogen) atoms. The molecule has 1 aliphatic rings. The van der Waals surface area contributed by atoms with Crippen LogP contribution in [0.1, 0.15) is 11.8 Å². The number of nitrogens with two attached hydrogens (primary N) is 1. The van der Waals surface area contributed by atoms with Crippen LogP contribution in [-0.2, 0) is 0 Å². The molecule has 0 aromatic heterocycles. The van der Waals surface area contributed by atoms with Crippen LogP contribution < -0.4 is 21.3 Å². The SMILES string of the molecule is Bc1ccc(-c2cccc3c2NC(c2ccccc2)O3)c(N)c1. The summed E-state index contributed by atoms with van der Waals surface area (Å²) < 4.78 is 6.07. The van der Waals surface area contributed by atoms with Gasteiger partial charge in [-0.1, -0.05) is 60.1 Å². The number of hydrogen-bond acceptors (Lipinski definition) is 3. The Kier molecular flexibility index (Phi) is 3.23. The number of rotatable bonds is 2. The first kappa shape index (κ1) is 13.8. The van der Waals surface area contributed by atoms with E-state index in [-0.39, 0.29) is 6.23 Å². The summed E-state index contributed by atoms with van der Waals surface area (Å²) in [5.41, 5.74) is 12.4. The molecule has 1 atom stereocenters. The van der Waals surface area contributed by atoms with Crippen LogP contribution in [0.25, 0.3) is 11.1 Å². The van der Waals surface area contributed by atoms with Gasteiger partial charge in [0.1, 0.15) is 13.6 Å². The molecule has 3 aromatic rings. The highest BCUT2D eigenvalue weighted by Gasteiger charge is 2.26. The van der Waals surface area contributed by atoms with Gasteiger partial charge in [0.25, 0.3) is 0 Å². The summed E-state index contributed by atoms with van der Waals surface area (Å²) in [7, 11) is 2.04. The zero-order chi connectivity index (χ0) is 15.8. The molecule has 1 heterocycles.